The average Bonchev–Trinajstić information content (AvgIpc) is 2.69. The molecule has 1 heterocycles. The number of nitrogens with one attached hydrogen (secondary N) is 1. The molecule has 1 N–H and O–H groups in total. The molecule has 4 aromatic rings. The van der Waals surface area contributed by atoms with Crippen molar-refractivity contribution in [2.24, 2.45) is 0 Å². The molecule has 0 saturated heterocycles. The van der Waals surface area contributed by atoms with Crippen molar-refractivity contribution in [1.29, 1.82) is 0 Å². The predicted molar refractivity (Wildman–Crippen MR) is 114 cm³/mol. The molecule has 0 unspecified atom stereocenters. The fourth-order valence-corrected chi connectivity index (χ4v) is 3.39. The minimum atomic E-state index is 0.651. The first-order chi connectivity index (χ1) is 13.2. The van der Waals surface area contributed by atoms with Crippen LogP contribution in [-0.4, -0.2) is 16.8 Å². The number of hydrogen-bond acceptors (Lipinski definition) is 4. The van der Waals surface area contributed by atoms with Crippen LogP contribution < -0.4 is 10.1 Å². The van der Waals surface area contributed by atoms with Crippen molar-refractivity contribution in [3.8, 4) is 17.0 Å². The summed E-state index contributed by atoms with van der Waals surface area (Å²) in [5.74, 6) is 1.59. The molecule has 0 radical (unpaired) electrons. The topological polar surface area (TPSA) is 47.0 Å². The molecule has 4 rings (SSSR count). The van der Waals surface area contributed by atoms with Gasteiger partial charge in [-0.15, -0.1) is 10.2 Å². The van der Waals surface area contributed by atoms with Crippen LogP contribution in [0, 0.1) is 0 Å². The second kappa shape index (κ2) is 7.76. The normalized spacial score (nSPS) is 10.7. The number of halogens is 1. The van der Waals surface area contributed by atoms with Crippen molar-refractivity contribution in [3.05, 3.63) is 77.3 Å². The number of fused-ring (bicyclic) bond motifs is 1. The summed E-state index contributed by atoms with van der Waals surface area (Å²) in [5, 5.41) is 14.4. The van der Waals surface area contributed by atoms with Gasteiger partial charge in [0.2, 0.25) is 0 Å². The highest BCUT2D eigenvalue weighted by Gasteiger charge is 2.11. The van der Waals surface area contributed by atoms with Crippen LogP contribution in [0.3, 0.4) is 0 Å². The molecule has 0 spiro atoms. The summed E-state index contributed by atoms with van der Waals surface area (Å²) in [6.07, 6.45) is 0. The Balaban J connectivity index is 1.76. The Morgan fingerprint density at radius 2 is 1.67 bits per heavy atom. The highest BCUT2D eigenvalue weighted by Crippen LogP contribution is 2.32. The number of ether oxygens (including phenoxy) is 1. The summed E-state index contributed by atoms with van der Waals surface area (Å²) in [6, 6.07) is 24.1. The summed E-state index contributed by atoms with van der Waals surface area (Å²) in [5.41, 5.74) is 2.82. The van der Waals surface area contributed by atoms with Crippen LogP contribution in [0.15, 0.2) is 77.3 Å². The third-order valence-corrected chi connectivity index (χ3v) is 4.71. The summed E-state index contributed by atoms with van der Waals surface area (Å²) in [4.78, 5) is 0. The van der Waals surface area contributed by atoms with Crippen LogP contribution in [-0.2, 0) is 0 Å². The van der Waals surface area contributed by atoms with Gasteiger partial charge in [0.15, 0.2) is 5.82 Å². The Morgan fingerprint density at radius 3 is 2.41 bits per heavy atom. The van der Waals surface area contributed by atoms with Crippen LogP contribution >= 0.6 is 15.9 Å². The fourth-order valence-electron chi connectivity index (χ4n) is 2.99. The molecule has 5 heteroatoms. The first kappa shape index (κ1) is 17.5. The molecule has 1 aromatic heterocycles. The molecule has 0 fully saturated rings. The molecular formula is C22H18BrN3O. The number of benzene rings is 3. The summed E-state index contributed by atoms with van der Waals surface area (Å²) < 4.78 is 6.54. The Bertz CT molecular complexity index is 1080. The highest BCUT2D eigenvalue weighted by molar-refractivity contribution is 9.10. The zero-order chi connectivity index (χ0) is 18.6. The molecule has 4 nitrogen and oxygen atoms in total. The number of anilines is 2. The smallest absolute Gasteiger partial charge is 0.161 e. The van der Waals surface area contributed by atoms with Crippen LogP contribution in [0.5, 0.6) is 5.75 Å². The van der Waals surface area contributed by atoms with Gasteiger partial charge >= 0.3 is 0 Å². The largest absolute Gasteiger partial charge is 0.494 e. The van der Waals surface area contributed by atoms with E-state index in [1.807, 2.05) is 67.6 Å². The van der Waals surface area contributed by atoms with Crippen molar-refractivity contribution in [2.75, 3.05) is 11.9 Å². The van der Waals surface area contributed by atoms with Crippen LogP contribution in [0.1, 0.15) is 6.92 Å². The van der Waals surface area contributed by atoms with Gasteiger partial charge in [0.05, 0.1) is 6.61 Å². The maximum Gasteiger partial charge on any atom is 0.161 e. The zero-order valence-electron chi connectivity index (χ0n) is 14.8. The second-order valence-corrected chi connectivity index (χ2v) is 6.95. The maximum atomic E-state index is 5.53. The quantitative estimate of drug-likeness (QED) is 0.418. The lowest BCUT2D eigenvalue weighted by atomic mass is 10.0. The van der Waals surface area contributed by atoms with Crippen LogP contribution in [0.25, 0.3) is 22.0 Å². The predicted octanol–water partition coefficient (Wildman–Crippen LogP) is 6.20. The molecule has 0 aliphatic rings. The maximum absolute atomic E-state index is 5.53. The van der Waals surface area contributed by atoms with Gasteiger partial charge in [-0.2, -0.15) is 0 Å². The van der Waals surface area contributed by atoms with Gasteiger partial charge in [0.25, 0.3) is 0 Å². The summed E-state index contributed by atoms with van der Waals surface area (Å²) in [6.45, 7) is 2.63. The van der Waals surface area contributed by atoms with Gasteiger partial charge in [-0.1, -0.05) is 46.3 Å². The van der Waals surface area contributed by atoms with Crippen molar-refractivity contribution in [1.82, 2.24) is 10.2 Å². The molecule has 134 valence electrons. The van der Waals surface area contributed by atoms with E-state index in [0.717, 1.165) is 43.8 Å². The molecule has 0 amide bonds. The van der Waals surface area contributed by atoms with Crippen molar-refractivity contribution in [2.45, 2.75) is 6.92 Å². The van der Waals surface area contributed by atoms with E-state index in [1.165, 1.54) is 0 Å². The molecule has 0 aliphatic heterocycles. The van der Waals surface area contributed by atoms with Gasteiger partial charge in [0, 0.05) is 26.5 Å². The third-order valence-electron chi connectivity index (χ3n) is 4.21. The van der Waals surface area contributed by atoms with Gasteiger partial charge in [-0.25, -0.2) is 0 Å². The lowest BCUT2D eigenvalue weighted by molar-refractivity contribution is 0.340. The molecule has 0 aliphatic carbocycles. The number of rotatable bonds is 5. The second-order valence-electron chi connectivity index (χ2n) is 6.04. The molecular weight excluding hydrogens is 402 g/mol. The third kappa shape index (κ3) is 3.78. The van der Waals surface area contributed by atoms with E-state index in [-0.39, 0.29) is 0 Å². The summed E-state index contributed by atoms with van der Waals surface area (Å²) in [7, 11) is 0. The lowest BCUT2D eigenvalue weighted by Gasteiger charge is -2.12. The fraction of sp³-hybridized carbons (Fsp3) is 0.0909. The van der Waals surface area contributed by atoms with E-state index in [1.54, 1.807) is 0 Å². The van der Waals surface area contributed by atoms with Gasteiger partial charge in [0.1, 0.15) is 11.4 Å². The van der Waals surface area contributed by atoms with Gasteiger partial charge in [-0.3, -0.25) is 0 Å². The zero-order valence-corrected chi connectivity index (χ0v) is 16.4. The molecule has 3 aromatic carbocycles. The standard InChI is InChI=1S/C22H18BrN3O/c1-2-27-18-12-10-15(11-13-18)21-19-8-3-4-9-20(19)22(26-25-21)24-17-7-5-6-16(23)14-17/h3-14H,2H2,1H3,(H,24,26). The number of hydrogen-bond donors (Lipinski definition) is 1. The van der Waals surface area contributed by atoms with E-state index in [0.29, 0.717) is 6.61 Å². The molecule has 27 heavy (non-hydrogen) atoms. The molecule has 0 bridgehead atoms. The first-order valence-electron chi connectivity index (χ1n) is 8.76. The lowest BCUT2D eigenvalue weighted by Crippen LogP contribution is -1.99. The average molecular weight is 420 g/mol. The van der Waals surface area contributed by atoms with E-state index in [2.05, 4.69) is 43.6 Å². The van der Waals surface area contributed by atoms with E-state index < -0.39 is 0 Å². The van der Waals surface area contributed by atoms with E-state index in [9.17, 15) is 0 Å². The van der Waals surface area contributed by atoms with Crippen LogP contribution in [0.4, 0.5) is 11.5 Å². The van der Waals surface area contributed by atoms with Gasteiger partial charge < -0.3 is 10.1 Å². The van der Waals surface area contributed by atoms with Gasteiger partial charge in [-0.05, 0) is 49.4 Å². The summed E-state index contributed by atoms with van der Waals surface area (Å²) >= 11 is 3.50. The monoisotopic (exact) mass is 419 g/mol. The van der Waals surface area contributed by atoms with Crippen molar-refractivity contribution >= 4 is 38.2 Å². The van der Waals surface area contributed by atoms with Crippen molar-refractivity contribution in [3.63, 3.8) is 0 Å². The Kier molecular flexibility index (Phi) is 5.03. The minimum Gasteiger partial charge on any atom is -0.494 e. The Labute approximate surface area is 166 Å². The highest BCUT2D eigenvalue weighted by atomic mass is 79.9. The minimum absolute atomic E-state index is 0.651. The van der Waals surface area contributed by atoms with E-state index >= 15 is 0 Å². The molecule has 0 saturated carbocycles. The SMILES string of the molecule is CCOc1ccc(-c2nnc(Nc3cccc(Br)c3)c3ccccc23)cc1. The number of nitrogens with zero attached hydrogens (tertiary/aromatic N) is 2. The Hall–Kier alpha value is -2.92. The van der Waals surface area contributed by atoms with E-state index in [4.69, 9.17) is 4.74 Å². The van der Waals surface area contributed by atoms with Crippen LogP contribution in [0.2, 0.25) is 0 Å². The number of aromatic nitrogens is 2. The molecule has 0 atom stereocenters. The Morgan fingerprint density at radius 1 is 0.889 bits per heavy atom. The van der Waals surface area contributed by atoms with Crippen molar-refractivity contribution < 1.29 is 4.74 Å². The first-order valence-corrected chi connectivity index (χ1v) is 9.55.